The Labute approximate surface area is 111 Å². The van der Waals surface area contributed by atoms with E-state index in [2.05, 4.69) is 21.2 Å². The first-order valence-corrected chi connectivity index (χ1v) is 6.53. The van der Waals surface area contributed by atoms with Gasteiger partial charge < -0.3 is 5.32 Å². The third kappa shape index (κ3) is 2.84. The van der Waals surface area contributed by atoms with E-state index in [0.29, 0.717) is 12.2 Å². The molecule has 0 radical (unpaired) electrons. The molecule has 0 amide bonds. The van der Waals surface area contributed by atoms with Crippen molar-refractivity contribution in [1.82, 2.24) is 0 Å². The predicted molar refractivity (Wildman–Crippen MR) is 70.5 cm³/mol. The molecule has 0 fully saturated rings. The van der Waals surface area contributed by atoms with Gasteiger partial charge in [0.1, 0.15) is 17.4 Å². The minimum Gasteiger partial charge on any atom is -0.380 e. The average molecular weight is 311 g/mol. The van der Waals surface area contributed by atoms with Gasteiger partial charge in [0.2, 0.25) is 0 Å². The van der Waals surface area contributed by atoms with Gasteiger partial charge in [-0.25, -0.2) is 4.39 Å². The number of halogens is 2. The van der Waals surface area contributed by atoms with E-state index < -0.39 is 5.82 Å². The van der Waals surface area contributed by atoms with Gasteiger partial charge in [0.05, 0.1) is 9.47 Å². The van der Waals surface area contributed by atoms with Crippen LogP contribution in [-0.4, -0.2) is 0 Å². The van der Waals surface area contributed by atoms with Gasteiger partial charge in [-0.05, 0) is 45.1 Å². The van der Waals surface area contributed by atoms with Crippen molar-refractivity contribution in [1.29, 1.82) is 5.26 Å². The van der Waals surface area contributed by atoms with Crippen molar-refractivity contribution in [2.24, 2.45) is 0 Å². The lowest BCUT2D eigenvalue weighted by molar-refractivity contribution is 0.624. The minimum atomic E-state index is -0.496. The zero-order valence-electron chi connectivity index (χ0n) is 8.71. The first-order chi connectivity index (χ1) is 8.20. The fourth-order valence-corrected chi connectivity index (χ4v) is 2.63. The predicted octanol–water partition coefficient (Wildman–Crippen LogP) is 4.13. The lowest BCUT2D eigenvalue weighted by Crippen LogP contribution is -2.01. The number of hydrogen-bond donors (Lipinski definition) is 1. The molecule has 0 aliphatic rings. The molecule has 5 heteroatoms. The SMILES string of the molecule is N#Cc1c(F)cccc1NCc1csc(Br)c1. The molecule has 0 aliphatic heterocycles. The standard InChI is InChI=1S/C12H8BrFN2S/c13-12-4-8(7-17-12)6-16-11-3-1-2-10(14)9(11)5-15/h1-4,7,16H,6H2. The second kappa shape index (κ2) is 5.30. The number of rotatable bonds is 3. The molecule has 2 aromatic rings. The molecule has 0 spiro atoms. The number of nitriles is 1. The van der Waals surface area contributed by atoms with Gasteiger partial charge in [-0.2, -0.15) is 5.26 Å². The molecule has 1 heterocycles. The summed E-state index contributed by atoms with van der Waals surface area (Å²) in [5, 5.41) is 13.9. The Hall–Kier alpha value is -1.38. The molecular weight excluding hydrogens is 303 g/mol. The molecule has 2 nitrogen and oxygen atoms in total. The topological polar surface area (TPSA) is 35.8 Å². The molecule has 0 saturated heterocycles. The van der Waals surface area contributed by atoms with E-state index in [4.69, 9.17) is 5.26 Å². The summed E-state index contributed by atoms with van der Waals surface area (Å²) in [6.45, 7) is 0.570. The summed E-state index contributed by atoms with van der Waals surface area (Å²) in [5.74, 6) is -0.496. The van der Waals surface area contributed by atoms with Crippen molar-refractivity contribution < 1.29 is 4.39 Å². The molecule has 0 unspecified atom stereocenters. The average Bonchev–Trinajstić information content (AvgIpc) is 2.72. The Morgan fingerprint density at radius 2 is 2.29 bits per heavy atom. The molecule has 17 heavy (non-hydrogen) atoms. The quantitative estimate of drug-likeness (QED) is 0.925. The normalized spacial score (nSPS) is 9.94. The van der Waals surface area contributed by atoms with Crippen LogP contribution in [0.3, 0.4) is 0 Å². The summed E-state index contributed by atoms with van der Waals surface area (Å²) in [7, 11) is 0. The third-order valence-corrected chi connectivity index (χ3v) is 3.78. The lowest BCUT2D eigenvalue weighted by atomic mass is 10.2. The Balaban J connectivity index is 2.14. The van der Waals surface area contributed by atoms with Crippen LogP contribution in [0.2, 0.25) is 0 Å². The Bertz CT molecular complexity index is 574. The maximum Gasteiger partial charge on any atom is 0.143 e. The van der Waals surface area contributed by atoms with Crippen molar-refractivity contribution in [3.63, 3.8) is 0 Å². The van der Waals surface area contributed by atoms with E-state index in [0.717, 1.165) is 9.35 Å². The van der Waals surface area contributed by atoms with Crippen LogP contribution < -0.4 is 5.32 Å². The highest BCUT2D eigenvalue weighted by Crippen LogP contribution is 2.23. The zero-order chi connectivity index (χ0) is 12.3. The van der Waals surface area contributed by atoms with Crippen LogP contribution in [0.4, 0.5) is 10.1 Å². The summed E-state index contributed by atoms with van der Waals surface area (Å²) in [4.78, 5) is 0. The Kier molecular flexibility index (Phi) is 3.77. The van der Waals surface area contributed by atoms with Gasteiger partial charge in [0.15, 0.2) is 0 Å². The molecule has 1 aromatic carbocycles. The summed E-state index contributed by atoms with van der Waals surface area (Å²) in [5.41, 5.74) is 1.67. The van der Waals surface area contributed by atoms with Crippen LogP contribution in [0, 0.1) is 17.1 Å². The Morgan fingerprint density at radius 1 is 1.47 bits per heavy atom. The third-order valence-electron chi connectivity index (χ3n) is 2.23. The molecule has 0 saturated carbocycles. The van der Waals surface area contributed by atoms with Crippen molar-refractivity contribution >= 4 is 33.0 Å². The van der Waals surface area contributed by atoms with Gasteiger partial charge in [-0.3, -0.25) is 0 Å². The fraction of sp³-hybridized carbons (Fsp3) is 0.0833. The summed E-state index contributed by atoms with van der Waals surface area (Å²) in [6, 6.07) is 8.42. The number of nitrogens with one attached hydrogen (secondary N) is 1. The van der Waals surface area contributed by atoms with Crippen LogP contribution in [0.1, 0.15) is 11.1 Å². The number of benzene rings is 1. The van der Waals surface area contributed by atoms with Gasteiger partial charge in [-0.15, -0.1) is 11.3 Å². The first kappa shape index (κ1) is 12.1. The number of hydrogen-bond acceptors (Lipinski definition) is 3. The van der Waals surface area contributed by atoms with Gasteiger partial charge in [0.25, 0.3) is 0 Å². The van der Waals surface area contributed by atoms with E-state index in [-0.39, 0.29) is 5.56 Å². The summed E-state index contributed by atoms with van der Waals surface area (Å²) in [6.07, 6.45) is 0. The van der Waals surface area contributed by atoms with Crippen molar-refractivity contribution in [2.45, 2.75) is 6.54 Å². The van der Waals surface area contributed by atoms with E-state index in [1.807, 2.05) is 17.5 Å². The van der Waals surface area contributed by atoms with E-state index in [1.165, 1.54) is 6.07 Å². The molecule has 0 atom stereocenters. The van der Waals surface area contributed by atoms with E-state index in [9.17, 15) is 4.39 Å². The minimum absolute atomic E-state index is 0.0572. The van der Waals surface area contributed by atoms with E-state index in [1.54, 1.807) is 23.5 Å². The molecule has 1 aromatic heterocycles. The molecule has 1 N–H and O–H groups in total. The van der Waals surface area contributed by atoms with E-state index >= 15 is 0 Å². The monoisotopic (exact) mass is 310 g/mol. The van der Waals surface area contributed by atoms with Crippen LogP contribution in [0.5, 0.6) is 0 Å². The number of anilines is 1. The van der Waals surface area contributed by atoms with Gasteiger partial charge >= 0.3 is 0 Å². The van der Waals surface area contributed by atoms with Crippen LogP contribution >= 0.6 is 27.3 Å². The largest absolute Gasteiger partial charge is 0.380 e. The summed E-state index contributed by atoms with van der Waals surface area (Å²) >= 11 is 4.97. The van der Waals surface area contributed by atoms with Crippen LogP contribution in [-0.2, 0) is 6.54 Å². The molecular formula is C12H8BrFN2S. The maximum atomic E-state index is 13.3. The van der Waals surface area contributed by atoms with Crippen molar-refractivity contribution in [3.05, 3.63) is 50.4 Å². The molecule has 0 bridgehead atoms. The Morgan fingerprint density at radius 3 is 2.94 bits per heavy atom. The van der Waals surface area contributed by atoms with Gasteiger partial charge in [-0.1, -0.05) is 6.07 Å². The second-order valence-electron chi connectivity index (χ2n) is 3.39. The number of nitrogens with zero attached hydrogens (tertiary/aromatic N) is 1. The molecule has 2 rings (SSSR count). The lowest BCUT2D eigenvalue weighted by Gasteiger charge is -2.07. The first-order valence-electron chi connectivity index (χ1n) is 4.86. The fourth-order valence-electron chi connectivity index (χ4n) is 1.42. The summed E-state index contributed by atoms with van der Waals surface area (Å²) < 4.78 is 14.4. The van der Waals surface area contributed by atoms with Gasteiger partial charge in [0, 0.05) is 6.54 Å². The second-order valence-corrected chi connectivity index (χ2v) is 5.68. The zero-order valence-corrected chi connectivity index (χ0v) is 11.1. The molecule has 0 aliphatic carbocycles. The molecule has 86 valence electrons. The maximum absolute atomic E-state index is 13.3. The van der Waals surface area contributed by atoms with Crippen molar-refractivity contribution in [2.75, 3.05) is 5.32 Å². The highest BCUT2D eigenvalue weighted by atomic mass is 79.9. The van der Waals surface area contributed by atoms with Crippen LogP contribution in [0.25, 0.3) is 0 Å². The smallest absolute Gasteiger partial charge is 0.143 e. The number of thiophene rings is 1. The highest BCUT2D eigenvalue weighted by Gasteiger charge is 2.07. The van der Waals surface area contributed by atoms with Crippen molar-refractivity contribution in [3.8, 4) is 6.07 Å². The van der Waals surface area contributed by atoms with Crippen LogP contribution in [0.15, 0.2) is 33.4 Å². The highest BCUT2D eigenvalue weighted by molar-refractivity contribution is 9.11.